The van der Waals surface area contributed by atoms with Gasteiger partial charge in [-0.15, -0.1) is 12.4 Å². The fraction of sp³-hybridized carbons (Fsp3) is 0.917. The van der Waals surface area contributed by atoms with Crippen molar-refractivity contribution in [3.05, 3.63) is 0 Å². The monoisotopic (exact) mass is 264 g/mol. The summed E-state index contributed by atoms with van der Waals surface area (Å²) in [6.07, 6.45) is 3.70. The molecule has 102 valence electrons. The smallest absolute Gasteiger partial charge is 0.226 e. The zero-order valence-corrected chi connectivity index (χ0v) is 11.9. The van der Waals surface area contributed by atoms with Crippen LogP contribution in [-0.4, -0.2) is 50.7 Å². The molecule has 2 atom stereocenters. The molecule has 1 amide bonds. The van der Waals surface area contributed by atoms with E-state index in [1.807, 2.05) is 21.0 Å². The van der Waals surface area contributed by atoms with Crippen LogP contribution in [0.1, 0.15) is 26.2 Å². The Bertz CT molecular complexity index is 221. The first-order chi connectivity index (χ1) is 7.65. The molecule has 0 aromatic carbocycles. The summed E-state index contributed by atoms with van der Waals surface area (Å²) >= 11 is 0. The number of rotatable bonds is 5. The van der Waals surface area contributed by atoms with Crippen molar-refractivity contribution in [3.8, 4) is 0 Å². The molecular weight excluding hydrogens is 240 g/mol. The molecule has 1 saturated heterocycles. The van der Waals surface area contributed by atoms with E-state index in [4.69, 9.17) is 4.74 Å². The maximum Gasteiger partial charge on any atom is 0.226 e. The molecule has 0 aliphatic carbocycles. The second-order valence-corrected chi connectivity index (χ2v) is 4.67. The number of carbonyl (C=O) groups is 1. The van der Waals surface area contributed by atoms with Gasteiger partial charge < -0.3 is 15.0 Å². The van der Waals surface area contributed by atoms with Crippen LogP contribution in [0.3, 0.4) is 0 Å². The predicted molar refractivity (Wildman–Crippen MR) is 71.6 cm³/mol. The summed E-state index contributed by atoms with van der Waals surface area (Å²) in [4.78, 5) is 13.7. The molecule has 4 nitrogen and oxygen atoms in total. The average molecular weight is 265 g/mol. The zero-order chi connectivity index (χ0) is 12.0. The molecule has 1 N–H and O–H groups in total. The number of halogens is 1. The molecular formula is C12H25ClN2O2. The lowest BCUT2D eigenvalue weighted by molar-refractivity contribution is -0.135. The van der Waals surface area contributed by atoms with E-state index >= 15 is 0 Å². The molecule has 0 bridgehead atoms. The first-order valence-corrected chi connectivity index (χ1v) is 6.16. The van der Waals surface area contributed by atoms with Crippen LogP contribution >= 0.6 is 12.4 Å². The molecule has 1 heterocycles. The third-order valence-corrected chi connectivity index (χ3v) is 3.06. The Morgan fingerprint density at radius 2 is 2.24 bits per heavy atom. The molecule has 1 fully saturated rings. The van der Waals surface area contributed by atoms with Gasteiger partial charge in [0.2, 0.25) is 5.91 Å². The Morgan fingerprint density at radius 1 is 1.53 bits per heavy atom. The molecule has 1 aliphatic heterocycles. The molecule has 0 spiro atoms. The summed E-state index contributed by atoms with van der Waals surface area (Å²) in [7, 11) is 3.74. The van der Waals surface area contributed by atoms with Crippen molar-refractivity contribution in [3.63, 3.8) is 0 Å². The number of nitrogens with zero attached hydrogens (tertiary/aromatic N) is 1. The number of amides is 1. The minimum Gasteiger partial charge on any atom is -0.376 e. The van der Waals surface area contributed by atoms with Gasteiger partial charge in [-0.2, -0.15) is 0 Å². The van der Waals surface area contributed by atoms with Crippen LogP contribution in [0.15, 0.2) is 0 Å². The normalized spacial score (nSPS) is 21.5. The van der Waals surface area contributed by atoms with Crippen molar-refractivity contribution in [2.75, 3.05) is 33.8 Å². The minimum atomic E-state index is 0. The average Bonchev–Trinajstić information content (AvgIpc) is 2.29. The van der Waals surface area contributed by atoms with Gasteiger partial charge >= 0.3 is 0 Å². The molecule has 1 aliphatic rings. The van der Waals surface area contributed by atoms with E-state index in [1.54, 1.807) is 4.90 Å². The van der Waals surface area contributed by atoms with Crippen LogP contribution < -0.4 is 5.32 Å². The number of ether oxygens (including phenoxy) is 1. The number of carbonyl (C=O) groups excluding carboxylic acids is 1. The van der Waals surface area contributed by atoms with Gasteiger partial charge in [-0.05, 0) is 26.3 Å². The molecule has 0 saturated carbocycles. The zero-order valence-electron chi connectivity index (χ0n) is 11.1. The number of nitrogens with one attached hydrogen (secondary N) is 1. The highest BCUT2D eigenvalue weighted by Gasteiger charge is 2.21. The highest BCUT2D eigenvalue weighted by Crippen LogP contribution is 2.14. The number of likely N-dealkylation sites (N-methyl/N-ethyl adjacent to an activating group) is 1. The quantitative estimate of drug-likeness (QED) is 0.814. The van der Waals surface area contributed by atoms with Crippen LogP contribution in [0.2, 0.25) is 0 Å². The number of hydrogen-bond donors (Lipinski definition) is 1. The van der Waals surface area contributed by atoms with E-state index in [0.717, 1.165) is 32.5 Å². The Hall–Kier alpha value is -0.320. The van der Waals surface area contributed by atoms with Gasteiger partial charge in [0.15, 0.2) is 0 Å². The summed E-state index contributed by atoms with van der Waals surface area (Å²) < 4.78 is 5.63. The van der Waals surface area contributed by atoms with E-state index in [-0.39, 0.29) is 30.3 Å². The van der Waals surface area contributed by atoms with Crippen molar-refractivity contribution in [1.29, 1.82) is 0 Å². The molecule has 1 rings (SSSR count). The Morgan fingerprint density at radius 3 is 2.76 bits per heavy atom. The van der Waals surface area contributed by atoms with E-state index in [0.29, 0.717) is 0 Å². The van der Waals surface area contributed by atoms with Gasteiger partial charge in [-0.3, -0.25) is 4.79 Å². The van der Waals surface area contributed by atoms with Crippen LogP contribution in [0.5, 0.6) is 0 Å². The van der Waals surface area contributed by atoms with Gasteiger partial charge in [0, 0.05) is 32.7 Å². The maximum absolute atomic E-state index is 11.9. The molecule has 5 heteroatoms. The lowest BCUT2D eigenvalue weighted by atomic mass is 10.1. The van der Waals surface area contributed by atoms with E-state index in [2.05, 4.69) is 5.32 Å². The van der Waals surface area contributed by atoms with E-state index in [9.17, 15) is 4.79 Å². The van der Waals surface area contributed by atoms with Crippen molar-refractivity contribution in [1.82, 2.24) is 10.2 Å². The topological polar surface area (TPSA) is 41.6 Å². The predicted octanol–water partition coefficient (Wildman–Crippen LogP) is 1.29. The highest BCUT2D eigenvalue weighted by molar-refractivity contribution is 5.85. The van der Waals surface area contributed by atoms with Gasteiger partial charge in [-0.1, -0.05) is 6.92 Å². The molecule has 0 aromatic rings. The van der Waals surface area contributed by atoms with Gasteiger partial charge in [0.25, 0.3) is 0 Å². The second-order valence-electron chi connectivity index (χ2n) is 4.67. The van der Waals surface area contributed by atoms with Gasteiger partial charge in [0.05, 0.1) is 6.10 Å². The van der Waals surface area contributed by atoms with Gasteiger partial charge in [-0.25, -0.2) is 0 Å². The van der Waals surface area contributed by atoms with Crippen LogP contribution in [0, 0.1) is 5.92 Å². The summed E-state index contributed by atoms with van der Waals surface area (Å²) in [5.41, 5.74) is 0. The van der Waals surface area contributed by atoms with E-state index < -0.39 is 0 Å². The van der Waals surface area contributed by atoms with Crippen LogP contribution in [0.4, 0.5) is 0 Å². The Labute approximate surface area is 110 Å². The SMILES string of the molecule is CNCC(C)C(=O)N(C)CC1CCCCO1.Cl. The highest BCUT2D eigenvalue weighted by atomic mass is 35.5. The minimum absolute atomic E-state index is 0. The standard InChI is InChI=1S/C12H24N2O2.ClH/c1-10(8-13-2)12(15)14(3)9-11-6-4-5-7-16-11;/h10-11,13H,4-9H2,1-3H3;1H. The summed E-state index contributed by atoms with van der Waals surface area (Å²) in [6, 6.07) is 0. The van der Waals surface area contributed by atoms with Crippen molar-refractivity contribution < 1.29 is 9.53 Å². The third kappa shape index (κ3) is 5.70. The van der Waals surface area contributed by atoms with Gasteiger partial charge in [0.1, 0.15) is 0 Å². The first-order valence-electron chi connectivity index (χ1n) is 6.16. The Kier molecular flexibility index (Phi) is 8.56. The lowest BCUT2D eigenvalue weighted by Crippen LogP contribution is -2.41. The van der Waals surface area contributed by atoms with Crippen molar-refractivity contribution in [2.24, 2.45) is 5.92 Å². The molecule has 0 radical (unpaired) electrons. The third-order valence-electron chi connectivity index (χ3n) is 3.06. The summed E-state index contributed by atoms with van der Waals surface area (Å²) in [5, 5.41) is 3.03. The van der Waals surface area contributed by atoms with Crippen LogP contribution in [0.25, 0.3) is 0 Å². The largest absolute Gasteiger partial charge is 0.376 e. The molecule has 0 aromatic heterocycles. The van der Waals surface area contributed by atoms with E-state index in [1.165, 1.54) is 6.42 Å². The Balaban J connectivity index is 0.00000256. The summed E-state index contributed by atoms with van der Waals surface area (Å²) in [5.74, 6) is 0.238. The fourth-order valence-corrected chi connectivity index (χ4v) is 2.12. The fourth-order valence-electron chi connectivity index (χ4n) is 2.12. The van der Waals surface area contributed by atoms with Crippen LogP contribution in [-0.2, 0) is 9.53 Å². The first kappa shape index (κ1) is 16.7. The second kappa shape index (κ2) is 8.72. The van der Waals surface area contributed by atoms with Crippen molar-refractivity contribution >= 4 is 18.3 Å². The molecule has 17 heavy (non-hydrogen) atoms. The van der Waals surface area contributed by atoms with Crippen molar-refractivity contribution in [2.45, 2.75) is 32.3 Å². The molecule has 2 unspecified atom stereocenters. The maximum atomic E-state index is 11.9. The number of hydrogen-bond acceptors (Lipinski definition) is 3. The lowest BCUT2D eigenvalue weighted by Gasteiger charge is -2.28. The summed E-state index contributed by atoms with van der Waals surface area (Å²) in [6.45, 7) is 4.26.